The van der Waals surface area contributed by atoms with E-state index >= 15 is 0 Å². The second-order valence-electron chi connectivity index (χ2n) is 5.90. The molecule has 2 aromatic rings. The Morgan fingerprint density at radius 2 is 2.09 bits per heavy atom. The van der Waals surface area contributed by atoms with Gasteiger partial charge in [0.25, 0.3) is 0 Å². The predicted molar refractivity (Wildman–Crippen MR) is 88.8 cm³/mol. The lowest BCUT2D eigenvalue weighted by molar-refractivity contribution is -0.162. The van der Waals surface area contributed by atoms with Gasteiger partial charge in [0.05, 0.1) is 12.2 Å². The maximum atomic E-state index is 11.7. The first-order valence-electron chi connectivity index (χ1n) is 8.23. The molecular formula is C19H22O4. The molecule has 23 heavy (non-hydrogen) atoms. The topological polar surface area (TPSA) is 55.8 Å². The lowest BCUT2D eigenvalue weighted by Crippen LogP contribution is -2.22. The zero-order valence-electron chi connectivity index (χ0n) is 13.2. The molecule has 2 aromatic carbocycles. The Kier molecular flexibility index (Phi) is 5.26. The van der Waals surface area contributed by atoms with Gasteiger partial charge in [-0.25, -0.2) is 4.79 Å². The summed E-state index contributed by atoms with van der Waals surface area (Å²) in [6.45, 7) is 1.37. The Balaban J connectivity index is 1.65. The first-order chi connectivity index (χ1) is 11.3. The van der Waals surface area contributed by atoms with Crippen LogP contribution in [-0.2, 0) is 15.9 Å². The van der Waals surface area contributed by atoms with Gasteiger partial charge in [0.1, 0.15) is 0 Å². The average Bonchev–Trinajstić information content (AvgIpc) is 2.59. The van der Waals surface area contributed by atoms with Gasteiger partial charge in [0.2, 0.25) is 0 Å². The number of ether oxygens (including phenoxy) is 2. The highest BCUT2D eigenvalue weighted by molar-refractivity contribution is 6.05. The summed E-state index contributed by atoms with van der Waals surface area (Å²) in [5, 5.41) is 11.3. The van der Waals surface area contributed by atoms with Crippen LogP contribution in [0.4, 0.5) is 0 Å². The third-order valence-electron chi connectivity index (χ3n) is 4.26. The van der Waals surface area contributed by atoms with Crippen LogP contribution in [0.3, 0.4) is 0 Å². The molecule has 0 amide bonds. The minimum Gasteiger partial charge on any atom is -0.478 e. The van der Waals surface area contributed by atoms with Crippen LogP contribution in [0.15, 0.2) is 36.4 Å². The molecular weight excluding hydrogens is 292 g/mol. The zero-order valence-corrected chi connectivity index (χ0v) is 13.2. The molecule has 1 heterocycles. The summed E-state index contributed by atoms with van der Waals surface area (Å²) >= 11 is 0. The van der Waals surface area contributed by atoms with Crippen LogP contribution in [0.25, 0.3) is 10.8 Å². The van der Waals surface area contributed by atoms with Crippen molar-refractivity contribution in [3.05, 3.63) is 47.5 Å². The van der Waals surface area contributed by atoms with Crippen LogP contribution in [0.1, 0.15) is 41.6 Å². The van der Waals surface area contributed by atoms with E-state index < -0.39 is 5.97 Å². The van der Waals surface area contributed by atoms with E-state index in [-0.39, 0.29) is 6.29 Å². The van der Waals surface area contributed by atoms with Crippen molar-refractivity contribution in [1.29, 1.82) is 0 Å². The minimum absolute atomic E-state index is 0.0840. The Morgan fingerprint density at radius 3 is 2.87 bits per heavy atom. The molecule has 4 nitrogen and oxygen atoms in total. The molecule has 122 valence electrons. The Labute approximate surface area is 136 Å². The number of carbonyl (C=O) groups is 1. The van der Waals surface area contributed by atoms with E-state index in [2.05, 4.69) is 0 Å². The second kappa shape index (κ2) is 7.57. The molecule has 1 N–H and O–H groups in total. The molecule has 1 aliphatic heterocycles. The minimum atomic E-state index is -0.867. The summed E-state index contributed by atoms with van der Waals surface area (Å²) in [6.07, 6.45) is 4.62. The van der Waals surface area contributed by atoms with Crippen molar-refractivity contribution in [2.24, 2.45) is 0 Å². The van der Waals surface area contributed by atoms with Crippen LogP contribution < -0.4 is 0 Å². The first kappa shape index (κ1) is 16.0. The maximum absolute atomic E-state index is 11.7. The SMILES string of the molecule is O=C(O)c1c(CCCOC2CCCCO2)ccc2ccccc12. The van der Waals surface area contributed by atoms with Crippen molar-refractivity contribution >= 4 is 16.7 Å². The molecule has 0 radical (unpaired) electrons. The summed E-state index contributed by atoms with van der Waals surface area (Å²) in [6, 6.07) is 11.5. The van der Waals surface area contributed by atoms with Crippen molar-refractivity contribution in [2.45, 2.75) is 38.4 Å². The smallest absolute Gasteiger partial charge is 0.336 e. The first-order valence-corrected chi connectivity index (χ1v) is 8.23. The summed E-state index contributed by atoms with van der Waals surface area (Å²) in [7, 11) is 0. The highest BCUT2D eigenvalue weighted by Gasteiger charge is 2.16. The molecule has 3 rings (SSSR count). The van der Waals surface area contributed by atoms with Gasteiger partial charge in [0.15, 0.2) is 6.29 Å². The molecule has 4 heteroatoms. The van der Waals surface area contributed by atoms with E-state index in [9.17, 15) is 9.90 Å². The van der Waals surface area contributed by atoms with Crippen LogP contribution in [0.5, 0.6) is 0 Å². The standard InChI is InChI=1S/C19H22O4/c20-19(21)18-15(11-10-14-6-1-2-8-16(14)18)7-5-13-23-17-9-3-4-12-22-17/h1-2,6,8,10-11,17H,3-5,7,9,12-13H2,(H,20,21). The summed E-state index contributed by atoms with van der Waals surface area (Å²) in [5.41, 5.74) is 1.28. The highest BCUT2D eigenvalue weighted by atomic mass is 16.7. The van der Waals surface area contributed by atoms with E-state index in [4.69, 9.17) is 9.47 Å². The zero-order chi connectivity index (χ0) is 16.1. The fourth-order valence-electron chi connectivity index (χ4n) is 3.10. The number of fused-ring (bicyclic) bond motifs is 1. The van der Waals surface area contributed by atoms with Crippen molar-refractivity contribution in [3.8, 4) is 0 Å². The third-order valence-corrected chi connectivity index (χ3v) is 4.26. The number of rotatable bonds is 6. The van der Waals surface area contributed by atoms with E-state index in [0.29, 0.717) is 18.6 Å². The van der Waals surface area contributed by atoms with Gasteiger partial charge < -0.3 is 14.6 Å². The number of hydrogen-bond acceptors (Lipinski definition) is 3. The van der Waals surface area contributed by atoms with Gasteiger partial charge in [-0.2, -0.15) is 0 Å². The fourth-order valence-corrected chi connectivity index (χ4v) is 3.10. The normalized spacial score (nSPS) is 18.2. The Hall–Kier alpha value is -1.91. The van der Waals surface area contributed by atoms with Crippen LogP contribution in [0, 0.1) is 0 Å². The lowest BCUT2D eigenvalue weighted by Gasteiger charge is -2.22. The van der Waals surface area contributed by atoms with Gasteiger partial charge in [-0.3, -0.25) is 0 Å². The summed E-state index contributed by atoms with van der Waals surface area (Å²) < 4.78 is 11.3. The molecule has 0 spiro atoms. The molecule has 1 unspecified atom stereocenters. The molecule has 1 atom stereocenters. The largest absolute Gasteiger partial charge is 0.478 e. The molecule has 0 aromatic heterocycles. The monoisotopic (exact) mass is 314 g/mol. The van der Waals surface area contributed by atoms with Gasteiger partial charge in [-0.1, -0.05) is 36.4 Å². The van der Waals surface area contributed by atoms with Gasteiger partial charge in [-0.05, 0) is 48.4 Å². The molecule has 1 saturated heterocycles. The van der Waals surface area contributed by atoms with Crippen LogP contribution >= 0.6 is 0 Å². The molecule has 1 fully saturated rings. The number of hydrogen-bond donors (Lipinski definition) is 1. The lowest BCUT2D eigenvalue weighted by atomic mass is 9.96. The predicted octanol–water partition coefficient (Wildman–Crippen LogP) is 4.01. The Bertz CT molecular complexity index is 674. The number of benzene rings is 2. The molecule has 1 aliphatic rings. The van der Waals surface area contributed by atoms with E-state index in [0.717, 1.165) is 48.6 Å². The number of aryl methyl sites for hydroxylation is 1. The second-order valence-corrected chi connectivity index (χ2v) is 5.90. The van der Waals surface area contributed by atoms with Crippen molar-refractivity contribution in [1.82, 2.24) is 0 Å². The van der Waals surface area contributed by atoms with Gasteiger partial charge >= 0.3 is 5.97 Å². The molecule has 0 saturated carbocycles. The van der Waals surface area contributed by atoms with Crippen molar-refractivity contribution < 1.29 is 19.4 Å². The summed E-state index contributed by atoms with van der Waals surface area (Å²) in [5.74, 6) is -0.867. The third kappa shape index (κ3) is 3.89. The summed E-state index contributed by atoms with van der Waals surface area (Å²) in [4.78, 5) is 11.7. The number of carboxylic acid groups (broad SMARTS) is 1. The molecule has 0 bridgehead atoms. The van der Waals surface area contributed by atoms with E-state index in [1.165, 1.54) is 0 Å². The maximum Gasteiger partial charge on any atom is 0.336 e. The van der Waals surface area contributed by atoms with Crippen LogP contribution in [0.2, 0.25) is 0 Å². The van der Waals surface area contributed by atoms with Crippen molar-refractivity contribution in [3.63, 3.8) is 0 Å². The van der Waals surface area contributed by atoms with E-state index in [1.807, 2.05) is 36.4 Å². The number of carboxylic acids is 1. The Morgan fingerprint density at radius 1 is 1.22 bits per heavy atom. The highest BCUT2D eigenvalue weighted by Crippen LogP contribution is 2.24. The van der Waals surface area contributed by atoms with Crippen molar-refractivity contribution in [2.75, 3.05) is 13.2 Å². The van der Waals surface area contributed by atoms with Gasteiger partial charge in [-0.15, -0.1) is 0 Å². The molecule has 0 aliphatic carbocycles. The number of aromatic carboxylic acids is 1. The average molecular weight is 314 g/mol. The van der Waals surface area contributed by atoms with E-state index in [1.54, 1.807) is 0 Å². The van der Waals surface area contributed by atoms with Crippen LogP contribution in [-0.4, -0.2) is 30.6 Å². The quantitative estimate of drug-likeness (QED) is 0.818. The fraction of sp³-hybridized carbons (Fsp3) is 0.421. The van der Waals surface area contributed by atoms with Gasteiger partial charge in [0, 0.05) is 6.61 Å².